The molecule has 104 valence electrons. The lowest BCUT2D eigenvalue weighted by Gasteiger charge is -2.12. The van der Waals surface area contributed by atoms with Gasteiger partial charge < -0.3 is 11.1 Å². The summed E-state index contributed by atoms with van der Waals surface area (Å²) in [7, 11) is 0. The largest absolute Gasteiger partial charge is 0.397 e. The highest BCUT2D eigenvalue weighted by atomic mass is 35.5. The minimum absolute atomic E-state index is 0.251. The van der Waals surface area contributed by atoms with E-state index in [4.69, 9.17) is 28.9 Å². The van der Waals surface area contributed by atoms with Gasteiger partial charge in [0, 0.05) is 10.6 Å². The fraction of sp³-hybridized carbons (Fsp3) is 0.133. The third-order valence-corrected chi connectivity index (χ3v) is 3.47. The summed E-state index contributed by atoms with van der Waals surface area (Å²) in [6.07, 6.45) is 0. The average molecular weight is 309 g/mol. The standard InChI is InChI=1S/C15H14Cl2N2O/c1-8-3-4-11(9(2)5-8)15(20)19-14-12(17)6-10(16)7-13(14)18/h3-7H,18H2,1-2H3,(H,19,20). The molecule has 0 fully saturated rings. The van der Waals surface area contributed by atoms with Crippen LogP contribution < -0.4 is 11.1 Å². The summed E-state index contributed by atoms with van der Waals surface area (Å²) in [4.78, 5) is 12.3. The summed E-state index contributed by atoms with van der Waals surface area (Å²) in [5.74, 6) is -0.251. The molecule has 0 unspecified atom stereocenters. The number of hydrogen-bond acceptors (Lipinski definition) is 2. The maximum atomic E-state index is 12.3. The van der Waals surface area contributed by atoms with Crippen LogP contribution in [-0.4, -0.2) is 5.91 Å². The first-order chi connectivity index (χ1) is 9.38. The smallest absolute Gasteiger partial charge is 0.256 e. The van der Waals surface area contributed by atoms with E-state index in [0.717, 1.165) is 11.1 Å². The zero-order valence-corrected chi connectivity index (χ0v) is 12.6. The number of hydrogen-bond donors (Lipinski definition) is 2. The van der Waals surface area contributed by atoms with Crippen LogP contribution in [0.3, 0.4) is 0 Å². The Kier molecular flexibility index (Phi) is 4.21. The Bertz CT molecular complexity index is 661. The number of nitrogens with one attached hydrogen (secondary N) is 1. The van der Waals surface area contributed by atoms with Crippen molar-refractivity contribution in [3.63, 3.8) is 0 Å². The molecule has 0 saturated heterocycles. The maximum Gasteiger partial charge on any atom is 0.256 e. The Hall–Kier alpha value is -1.71. The molecule has 0 heterocycles. The summed E-state index contributed by atoms with van der Waals surface area (Å²) >= 11 is 11.9. The zero-order valence-electron chi connectivity index (χ0n) is 11.1. The Morgan fingerprint density at radius 3 is 2.45 bits per heavy atom. The third kappa shape index (κ3) is 3.06. The average Bonchev–Trinajstić information content (AvgIpc) is 2.33. The molecule has 0 aromatic heterocycles. The van der Waals surface area contributed by atoms with E-state index in [1.165, 1.54) is 6.07 Å². The van der Waals surface area contributed by atoms with Crippen LogP contribution in [-0.2, 0) is 0 Å². The van der Waals surface area contributed by atoms with Gasteiger partial charge in [0.1, 0.15) is 0 Å². The number of carbonyl (C=O) groups excluding carboxylic acids is 1. The number of aryl methyl sites for hydroxylation is 2. The van der Waals surface area contributed by atoms with E-state index in [2.05, 4.69) is 5.32 Å². The van der Waals surface area contributed by atoms with Crippen molar-refractivity contribution in [2.75, 3.05) is 11.1 Å². The van der Waals surface area contributed by atoms with Crippen LogP contribution in [0.2, 0.25) is 10.0 Å². The highest BCUT2D eigenvalue weighted by Crippen LogP contribution is 2.32. The van der Waals surface area contributed by atoms with E-state index >= 15 is 0 Å². The van der Waals surface area contributed by atoms with Crippen LogP contribution in [0.15, 0.2) is 30.3 Å². The van der Waals surface area contributed by atoms with Gasteiger partial charge in [0.25, 0.3) is 5.91 Å². The van der Waals surface area contributed by atoms with E-state index in [1.54, 1.807) is 12.1 Å². The predicted octanol–water partition coefficient (Wildman–Crippen LogP) is 4.44. The van der Waals surface area contributed by atoms with Gasteiger partial charge in [0.15, 0.2) is 0 Å². The molecule has 2 aromatic rings. The van der Waals surface area contributed by atoms with Gasteiger partial charge in [-0.05, 0) is 37.6 Å². The molecule has 0 saturated carbocycles. The summed E-state index contributed by atoms with van der Waals surface area (Å²) in [6, 6.07) is 8.69. The second kappa shape index (κ2) is 5.73. The molecule has 5 heteroatoms. The zero-order chi connectivity index (χ0) is 14.9. The van der Waals surface area contributed by atoms with E-state index < -0.39 is 0 Å². The van der Waals surface area contributed by atoms with Gasteiger partial charge >= 0.3 is 0 Å². The number of nitrogens with two attached hydrogens (primary N) is 1. The monoisotopic (exact) mass is 308 g/mol. The number of benzene rings is 2. The Morgan fingerprint density at radius 2 is 1.85 bits per heavy atom. The van der Waals surface area contributed by atoms with E-state index in [9.17, 15) is 4.79 Å². The van der Waals surface area contributed by atoms with Crippen LogP contribution in [0.4, 0.5) is 11.4 Å². The number of nitrogen functional groups attached to an aromatic ring is 1. The van der Waals surface area contributed by atoms with Gasteiger partial charge in [-0.2, -0.15) is 0 Å². The topological polar surface area (TPSA) is 55.1 Å². The summed E-state index contributed by atoms with van der Waals surface area (Å²) in [5.41, 5.74) is 9.12. The number of carbonyl (C=O) groups is 1. The number of anilines is 2. The summed E-state index contributed by atoms with van der Waals surface area (Å²) in [5, 5.41) is 3.47. The van der Waals surface area contributed by atoms with Gasteiger partial charge in [0.2, 0.25) is 0 Å². The van der Waals surface area contributed by atoms with Crippen LogP contribution in [0.1, 0.15) is 21.5 Å². The minimum atomic E-state index is -0.251. The molecule has 2 rings (SSSR count). The predicted molar refractivity (Wildman–Crippen MR) is 84.7 cm³/mol. The Labute approximate surface area is 127 Å². The lowest BCUT2D eigenvalue weighted by atomic mass is 10.1. The number of amides is 1. The number of rotatable bonds is 2. The second-order valence-corrected chi connectivity index (χ2v) is 5.47. The lowest BCUT2D eigenvalue weighted by molar-refractivity contribution is 0.102. The van der Waals surface area contributed by atoms with E-state index in [-0.39, 0.29) is 5.91 Å². The van der Waals surface area contributed by atoms with Gasteiger partial charge in [-0.15, -0.1) is 0 Å². The molecule has 0 aliphatic heterocycles. The summed E-state index contributed by atoms with van der Waals surface area (Å²) < 4.78 is 0. The minimum Gasteiger partial charge on any atom is -0.397 e. The van der Waals surface area contributed by atoms with Crippen molar-refractivity contribution in [1.82, 2.24) is 0 Å². The molecule has 2 aromatic carbocycles. The Balaban J connectivity index is 2.33. The molecule has 0 spiro atoms. The van der Waals surface area contributed by atoms with Gasteiger partial charge in [-0.1, -0.05) is 40.9 Å². The highest BCUT2D eigenvalue weighted by molar-refractivity contribution is 6.37. The fourth-order valence-electron chi connectivity index (χ4n) is 1.97. The van der Waals surface area contributed by atoms with Crippen LogP contribution >= 0.6 is 23.2 Å². The molecule has 1 amide bonds. The highest BCUT2D eigenvalue weighted by Gasteiger charge is 2.13. The van der Waals surface area contributed by atoms with Crippen molar-refractivity contribution in [2.45, 2.75) is 13.8 Å². The second-order valence-electron chi connectivity index (χ2n) is 4.62. The van der Waals surface area contributed by atoms with Crippen molar-refractivity contribution in [3.8, 4) is 0 Å². The maximum absolute atomic E-state index is 12.3. The quantitative estimate of drug-likeness (QED) is 0.806. The van der Waals surface area contributed by atoms with Crippen LogP contribution in [0, 0.1) is 13.8 Å². The molecular weight excluding hydrogens is 295 g/mol. The fourth-order valence-corrected chi connectivity index (χ4v) is 2.53. The van der Waals surface area contributed by atoms with E-state index in [1.807, 2.05) is 26.0 Å². The van der Waals surface area contributed by atoms with Crippen LogP contribution in [0.25, 0.3) is 0 Å². The summed E-state index contributed by atoms with van der Waals surface area (Å²) in [6.45, 7) is 3.86. The molecule has 0 radical (unpaired) electrons. The molecular formula is C15H14Cl2N2O. The molecule has 0 bridgehead atoms. The van der Waals surface area contributed by atoms with Gasteiger partial charge in [-0.3, -0.25) is 4.79 Å². The normalized spacial score (nSPS) is 10.4. The molecule has 0 atom stereocenters. The Morgan fingerprint density at radius 1 is 1.15 bits per heavy atom. The first kappa shape index (κ1) is 14.7. The first-order valence-corrected chi connectivity index (χ1v) is 6.77. The van der Waals surface area contributed by atoms with E-state index in [0.29, 0.717) is 27.0 Å². The van der Waals surface area contributed by atoms with Crippen molar-refractivity contribution in [1.29, 1.82) is 0 Å². The van der Waals surface area contributed by atoms with Gasteiger partial charge in [-0.25, -0.2) is 0 Å². The number of halogens is 2. The lowest BCUT2D eigenvalue weighted by Crippen LogP contribution is -2.15. The molecule has 0 aliphatic carbocycles. The molecule has 3 N–H and O–H groups in total. The molecule has 20 heavy (non-hydrogen) atoms. The first-order valence-electron chi connectivity index (χ1n) is 6.01. The SMILES string of the molecule is Cc1ccc(C(=O)Nc2c(N)cc(Cl)cc2Cl)c(C)c1. The van der Waals surface area contributed by atoms with Crippen LogP contribution in [0.5, 0.6) is 0 Å². The third-order valence-electron chi connectivity index (χ3n) is 2.95. The van der Waals surface area contributed by atoms with Crippen molar-refractivity contribution < 1.29 is 4.79 Å². The van der Waals surface area contributed by atoms with Crippen molar-refractivity contribution in [3.05, 3.63) is 57.1 Å². The van der Waals surface area contributed by atoms with Crippen molar-refractivity contribution >= 4 is 40.5 Å². The van der Waals surface area contributed by atoms with Crippen molar-refractivity contribution in [2.24, 2.45) is 0 Å². The molecule has 3 nitrogen and oxygen atoms in total. The van der Waals surface area contributed by atoms with Gasteiger partial charge in [0.05, 0.1) is 16.4 Å². The molecule has 0 aliphatic rings.